The van der Waals surface area contributed by atoms with E-state index in [1.807, 2.05) is 20.8 Å². The lowest BCUT2D eigenvalue weighted by molar-refractivity contribution is 0.621. The Morgan fingerprint density at radius 1 is 1.19 bits per heavy atom. The van der Waals surface area contributed by atoms with Gasteiger partial charge in [0.15, 0.2) is 0 Å². The molecular formula is C15H18BrFN4. The summed E-state index contributed by atoms with van der Waals surface area (Å²) in [5.41, 5.74) is 1.71. The number of hydrogen-bond donors (Lipinski definition) is 2. The minimum Gasteiger partial charge on any atom is -0.370 e. The molecule has 0 saturated carbocycles. The molecule has 1 aromatic heterocycles. The van der Waals surface area contributed by atoms with E-state index in [-0.39, 0.29) is 5.82 Å². The standard InChI is InChI=1S/C15H18BrFN4/c1-4-13-20-14(18-5-2)9(3)15(21-13)19-10-6-7-12(17)11(16)8-10/h6-8H,4-5H2,1-3H3,(H2,18,19,20,21). The van der Waals surface area contributed by atoms with E-state index in [0.717, 1.165) is 41.7 Å². The molecule has 4 nitrogen and oxygen atoms in total. The van der Waals surface area contributed by atoms with E-state index in [2.05, 4.69) is 36.5 Å². The predicted molar refractivity (Wildman–Crippen MR) is 87.7 cm³/mol. The van der Waals surface area contributed by atoms with Crippen LogP contribution in [-0.4, -0.2) is 16.5 Å². The molecule has 0 fully saturated rings. The molecule has 2 aromatic rings. The molecule has 0 aliphatic rings. The Morgan fingerprint density at radius 3 is 2.52 bits per heavy atom. The molecule has 0 amide bonds. The number of aromatic nitrogens is 2. The van der Waals surface area contributed by atoms with Gasteiger partial charge >= 0.3 is 0 Å². The molecule has 1 aromatic carbocycles. The molecule has 0 aliphatic carbocycles. The molecule has 0 spiro atoms. The number of rotatable bonds is 5. The van der Waals surface area contributed by atoms with Crippen molar-refractivity contribution in [3.63, 3.8) is 0 Å². The zero-order chi connectivity index (χ0) is 15.4. The Hall–Kier alpha value is -1.69. The van der Waals surface area contributed by atoms with E-state index in [4.69, 9.17) is 0 Å². The third-order valence-electron chi connectivity index (χ3n) is 3.03. The maximum absolute atomic E-state index is 13.3. The highest BCUT2D eigenvalue weighted by Gasteiger charge is 2.10. The highest BCUT2D eigenvalue weighted by Crippen LogP contribution is 2.26. The Labute approximate surface area is 132 Å². The Morgan fingerprint density at radius 2 is 1.90 bits per heavy atom. The van der Waals surface area contributed by atoms with Crippen LogP contribution in [0.3, 0.4) is 0 Å². The molecule has 0 unspecified atom stereocenters. The maximum Gasteiger partial charge on any atom is 0.139 e. The molecule has 1 heterocycles. The first kappa shape index (κ1) is 15.7. The molecular weight excluding hydrogens is 335 g/mol. The van der Waals surface area contributed by atoms with Crippen LogP contribution in [0.15, 0.2) is 22.7 Å². The first-order valence-corrected chi connectivity index (χ1v) is 7.67. The van der Waals surface area contributed by atoms with Crippen molar-refractivity contribution in [1.29, 1.82) is 0 Å². The van der Waals surface area contributed by atoms with Gasteiger partial charge in [0.05, 0.1) is 4.47 Å². The van der Waals surface area contributed by atoms with E-state index in [0.29, 0.717) is 4.47 Å². The molecule has 0 aliphatic heterocycles. The quantitative estimate of drug-likeness (QED) is 0.835. The fraction of sp³-hybridized carbons (Fsp3) is 0.333. The topological polar surface area (TPSA) is 49.8 Å². The maximum atomic E-state index is 13.3. The van der Waals surface area contributed by atoms with Gasteiger partial charge in [-0.2, -0.15) is 0 Å². The van der Waals surface area contributed by atoms with Gasteiger partial charge in [-0.25, -0.2) is 14.4 Å². The first-order chi connectivity index (χ1) is 10.0. The van der Waals surface area contributed by atoms with Gasteiger partial charge in [-0.05, 0) is 48.0 Å². The molecule has 2 rings (SSSR count). The van der Waals surface area contributed by atoms with Crippen molar-refractivity contribution < 1.29 is 4.39 Å². The number of nitrogens with one attached hydrogen (secondary N) is 2. The van der Waals surface area contributed by atoms with Crippen molar-refractivity contribution in [3.05, 3.63) is 39.9 Å². The van der Waals surface area contributed by atoms with Crippen molar-refractivity contribution in [2.24, 2.45) is 0 Å². The van der Waals surface area contributed by atoms with Crippen LogP contribution in [0, 0.1) is 12.7 Å². The minimum absolute atomic E-state index is 0.289. The SMILES string of the molecule is CCNc1nc(CC)nc(Nc2ccc(F)c(Br)c2)c1C. The molecule has 6 heteroatoms. The van der Waals surface area contributed by atoms with Gasteiger partial charge in [0.2, 0.25) is 0 Å². The first-order valence-electron chi connectivity index (χ1n) is 6.88. The van der Waals surface area contributed by atoms with Crippen molar-refractivity contribution in [1.82, 2.24) is 9.97 Å². The van der Waals surface area contributed by atoms with Crippen LogP contribution < -0.4 is 10.6 Å². The fourth-order valence-electron chi connectivity index (χ4n) is 1.89. The summed E-state index contributed by atoms with van der Waals surface area (Å²) < 4.78 is 13.7. The van der Waals surface area contributed by atoms with E-state index < -0.39 is 0 Å². The number of nitrogens with zero attached hydrogens (tertiary/aromatic N) is 2. The van der Waals surface area contributed by atoms with Crippen LogP contribution in [0.2, 0.25) is 0 Å². The normalized spacial score (nSPS) is 10.5. The van der Waals surface area contributed by atoms with Crippen LogP contribution in [0.4, 0.5) is 21.7 Å². The summed E-state index contributed by atoms with van der Waals surface area (Å²) in [5, 5.41) is 6.46. The average molecular weight is 353 g/mol. The Kier molecular flexibility index (Phi) is 5.12. The third kappa shape index (κ3) is 3.69. The molecule has 0 radical (unpaired) electrons. The summed E-state index contributed by atoms with van der Waals surface area (Å²) in [7, 11) is 0. The summed E-state index contributed by atoms with van der Waals surface area (Å²) in [6.07, 6.45) is 0.750. The fourth-order valence-corrected chi connectivity index (χ4v) is 2.27. The number of aryl methyl sites for hydroxylation is 1. The lowest BCUT2D eigenvalue weighted by atomic mass is 10.2. The number of anilines is 3. The van der Waals surface area contributed by atoms with Crippen LogP contribution in [0.25, 0.3) is 0 Å². The second-order valence-electron chi connectivity index (χ2n) is 4.60. The summed E-state index contributed by atoms with van der Waals surface area (Å²) in [6, 6.07) is 4.78. The largest absolute Gasteiger partial charge is 0.370 e. The van der Waals surface area contributed by atoms with Crippen molar-refractivity contribution in [2.75, 3.05) is 17.2 Å². The smallest absolute Gasteiger partial charge is 0.139 e. The van der Waals surface area contributed by atoms with E-state index in [1.54, 1.807) is 12.1 Å². The lowest BCUT2D eigenvalue weighted by Crippen LogP contribution is -2.09. The lowest BCUT2D eigenvalue weighted by Gasteiger charge is -2.14. The van der Waals surface area contributed by atoms with E-state index in [9.17, 15) is 4.39 Å². The average Bonchev–Trinajstić information content (AvgIpc) is 2.47. The zero-order valence-corrected chi connectivity index (χ0v) is 13.9. The second-order valence-corrected chi connectivity index (χ2v) is 5.45. The number of hydrogen-bond acceptors (Lipinski definition) is 4. The minimum atomic E-state index is -0.289. The zero-order valence-electron chi connectivity index (χ0n) is 12.3. The number of benzene rings is 1. The van der Waals surface area contributed by atoms with Gasteiger partial charge in [-0.3, -0.25) is 0 Å². The summed E-state index contributed by atoms with van der Waals surface area (Å²) in [4.78, 5) is 8.99. The number of halogens is 2. The van der Waals surface area contributed by atoms with Gasteiger partial charge in [0, 0.05) is 24.2 Å². The van der Waals surface area contributed by atoms with E-state index in [1.165, 1.54) is 6.07 Å². The van der Waals surface area contributed by atoms with E-state index >= 15 is 0 Å². The molecule has 0 atom stereocenters. The molecule has 21 heavy (non-hydrogen) atoms. The second kappa shape index (κ2) is 6.85. The van der Waals surface area contributed by atoms with Gasteiger partial charge in [0.1, 0.15) is 23.3 Å². The van der Waals surface area contributed by atoms with Crippen molar-refractivity contribution in [2.45, 2.75) is 27.2 Å². The van der Waals surface area contributed by atoms with Gasteiger partial charge in [-0.1, -0.05) is 6.92 Å². The molecule has 2 N–H and O–H groups in total. The van der Waals surface area contributed by atoms with Crippen LogP contribution in [-0.2, 0) is 6.42 Å². The van der Waals surface area contributed by atoms with Crippen LogP contribution in [0.5, 0.6) is 0 Å². The van der Waals surface area contributed by atoms with Gasteiger partial charge < -0.3 is 10.6 Å². The highest BCUT2D eigenvalue weighted by atomic mass is 79.9. The van der Waals surface area contributed by atoms with Crippen LogP contribution >= 0.6 is 15.9 Å². The van der Waals surface area contributed by atoms with Crippen LogP contribution in [0.1, 0.15) is 25.2 Å². The van der Waals surface area contributed by atoms with Crippen molar-refractivity contribution >= 4 is 33.3 Å². The monoisotopic (exact) mass is 352 g/mol. The van der Waals surface area contributed by atoms with Gasteiger partial charge in [-0.15, -0.1) is 0 Å². The Balaban J connectivity index is 2.37. The molecule has 0 bridgehead atoms. The Bertz CT molecular complexity index is 646. The highest BCUT2D eigenvalue weighted by molar-refractivity contribution is 9.10. The predicted octanol–water partition coefficient (Wildman–Crippen LogP) is 4.42. The summed E-state index contributed by atoms with van der Waals surface area (Å²) in [6.45, 7) is 6.79. The summed E-state index contributed by atoms with van der Waals surface area (Å²) in [5.74, 6) is 2.03. The third-order valence-corrected chi connectivity index (χ3v) is 3.64. The van der Waals surface area contributed by atoms with Crippen molar-refractivity contribution in [3.8, 4) is 0 Å². The molecule has 112 valence electrons. The van der Waals surface area contributed by atoms with Gasteiger partial charge in [0.25, 0.3) is 0 Å². The summed E-state index contributed by atoms with van der Waals surface area (Å²) >= 11 is 3.19. The molecule has 0 saturated heterocycles.